The lowest BCUT2D eigenvalue weighted by atomic mass is 10.0. The highest BCUT2D eigenvalue weighted by atomic mass is 35.5. The number of para-hydroxylation sites is 1. The molecule has 208 valence electrons. The van der Waals surface area contributed by atoms with Crippen LogP contribution in [0.1, 0.15) is 35.6 Å². The van der Waals surface area contributed by atoms with Gasteiger partial charge in [0.1, 0.15) is 12.6 Å². The van der Waals surface area contributed by atoms with Crippen molar-refractivity contribution in [1.82, 2.24) is 10.2 Å². The van der Waals surface area contributed by atoms with E-state index in [1.54, 1.807) is 18.2 Å². The molecule has 0 bridgehead atoms. The standard InChI is InChI=1S/C30H36ClN3O4S/c1-5-17-32-30(36)27(19-24-13-7-6-8-14-24)33(20-25-15-10-16-26(31)18-25)28(35)21-34(39(4,37)38)29-22(2)11-9-12-23(29)3/h6-16,18,27H,5,17,19-21H2,1-4H3,(H,32,36). The molecule has 1 N–H and O–H groups in total. The zero-order valence-corrected chi connectivity index (χ0v) is 24.4. The Morgan fingerprint density at radius 3 is 2.13 bits per heavy atom. The number of sulfonamides is 1. The van der Waals surface area contributed by atoms with Gasteiger partial charge in [-0.05, 0) is 54.7 Å². The van der Waals surface area contributed by atoms with Crippen LogP contribution in [0.3, 0.4) is 0 Å². The summed E-state index contributed by atoms with van der Waals surface area (Å²) in [4.78, 5) is 29.1. The van der Waals surface area contributed by atoms with Crippen LogP contribution in [0.2, 0.25) is 5.02 Å². The summed E-state index contributed by atoms with van der Waals surface area (Å²) < 4.78 is 27.1. The minimum atomic E-state index is -3.83. The topological polar surface area (TPSA) is 86.8 Å². The summed E-state index contributed by atoms with van der Waals surface area (Å²) in [5, 5.41) is 3.43. The molecule has 0 aliphatic carbocycles. The van der Waals surface area contributed by atoms with Gasteiger partial charge < -0.3 is 10.2 Å². The summed E-state index contributed by atoms with van der Waals surface area (Å²) in [7, 11) is -3.83. The third kappa shape index (κ3) is 8.31. The molecule has 3 rings (SSSR count). The first-order valence-electron chi connectivity index (χ1n) is 12.9. The largest absolute Gasteiger partial charge is 0.354 e. The highest BCUT2D eigenvalue weighted by molar-refractivity contribution is 7.92. The molecule has 0 saturated carbocycles. The van der Waals surface area contributed by atoms with E-state index in [1.807, 2.05) is 75.4 Å². The molecule has 0 aliphatic rings. The fourth-order valence-electron chi connectivity index (χ4n) is 4.53. The average Bonchev–Trinajstić information content (AvgIpc) is 2.88. The summed E-state index contributed by atoms with van der Waals surface area (Å²) in [5.74, 6) is -0.787. The Morgan fingerprint density at radius 1 is 0.923 bits per heavy atom. The molecule has 3 aromatic rings. The molecule has 1 unspecified atom stereocenters. The number of anilines is 1. The van der Waals surface area contributed by atoms with Gasteiger partial charge in [0.25, 0.3) is 0 Å². The number of nitrogens with zero attached hydrogens (tertiary/aromatic N) is 2. The van der Waals surface area contributed by atoms with Gasteiger partial charge in [0.05, 0.1) is 11.9 Å². The lowest BCUT2D eigenvalue weighted by Gasteiger charge is -2.34. The molecule has 9 heteroatoms. The minimum Gasteiger partial charge on any atom is -0.354 e. The van der Waals surface area contributed by atoms with Gasteiger partial charge in [0.15, 0.2) is 0 Å². The van der Waals surface area contributed by atoms with Crippen LogP contribution in [0.15, 0.2) is 72.8 Å². The zero-order valence-electron chi connectivity index (χ0n) is 22.9. The van der Waals surface area contributed by atoms with Gasteiger partial charge in [-0.1, -0.05) is 79.2 Å². The second-order valence-electron chi connectivity index (χ2n) is 9.66. The zero-order chi connectivity index (χ0) is 28.6. The third-order valence-electron chi connectivity index (χ3n) is 6.43. The van der Waals surface area contributed by atoms with Crippen LogP contribution in [-0.2, 0) is 32.6 Å². The Labute approximate surface area is 236 Å². The summed E-state index contributed by atoms with van der Waals surface area (Å²) in [6.07, 6.45) is 2.09. The van der Waals surface area contributed by atoms with Gasteiger partial charge in [-0.2, -0.15) is 0 Å². The van der Waals surface area contributed by atoms with Gasteiger partial charge in [-0.25, -0.2) is 8.42 Å². The number of carbonyl (C=O) groups is 2. The Balaban J connectivity index is 2.08. The quantitative estimate of drug-likeness (QED) is 0.336. The lowest BCUT2D eigenvalue weighted by Crippen LogP contribution is -2.53. The number of carbonyl (C=O) groups excluding carboxylic acids is 2. The van der Waals surface area contributed by atoms with Crippen LogP contribution in [0.4, 0.5) is 5.69 Å². The second kappa shape index (κ2) is 13.6. The van der Waals surface area contributed by atoms with E-state index in [1.165, 1.54) is 4.90 Å². The number of amides is 2. The Bertz CT molecular complexity index is 1380. The molecule has 0 aromatic heterocycles. The number of aryl methyl sites for hydroxylation is 2. The highest BCUT2D eigenvalue weighted by Crippen LogP contribution is 2.27. The van der Waals surface area contributed by atoms with Crippen molar-refractivity contribution in [2.75, 3.05) is 23.7 Å². The van der Waals surface area contributed by atoms with Gasteiger partial charge in [0, 0.05) is 24.5 Å². The van der Waals surface area contributed by atoms with Crippen LogP contribution in [-0.4, -0.2) is 50.5 Å². The van der Waals surface area contributed by atoms with Gasteiger partial charge in [0.2, 0.25) is 21.8 Å². The Hall–Kier alpha value is -3.36. The van der Waals surface area contributed by atoms with Crippen LogP contribution in [0.5, 0.6) is 0 Å². The molecular weight excluding hydrogens is 534 g/mol. The molecule has 0 saturated heterocycles. The molecule has 0 heterocycles. The summed E-state index contributed by atoms with van der Waals surface area (Å²) in [6, 6.07) is 21.1. The van der Waals surface area contributed by atoms with Crippen molar-refractivity contribution in [2.45, 2.75) is 46.2 Å². The predicted octanol–water partition coefficient (Wildman–Crippen LogP) is 4.89. The van der Waals surface area contributed by atoms with Crippen LogP contribution in [0.25, 0.3) is 0 Å². The summed E-state index contributed by atoms with van der Waals surface area (Å²) >= 11 is 6.24. The number of hydrogen-bond donors (Lipinski definition) is 1. The monoisotopic (exact) mass is 569 g/mol. The van der Waals surface area contributed by atoms with E-state index in [4.69, 9.17) is 11.6 Å². The second-order valence-corrected chi connectivity index (χ2v) is 12.0. The molecule has 0 radical (unpaired) electrons. The maximum Gasteiger partial charge on any atom is 0.244 e. The van der Waals surface area contributed by atoms with Crippen LogP contribution >= 0.6 is 11.6 Å². The molecule has 7 nitrogen and oxygen atoms in total. The number of halogens is 1. The Kier molecular flexibility index (Phi) is 10.5. The van der Waals surface area contributed by atoms with Crippen LogP contribution in [0, 0.1) is 13.8 Å². The maximum atomic E-state index is 14.1. The maximum absolute atomic E-state index is 14.1. The molecule has 39 heavy (non-hydrogen) atoms. The van der Waals surface area contributed by atoms with Crippen molar-refractivity contribution < 1.29 is 18.0 Å². The summed E-state index contributed by atoms with van der Waals surface area (Å²) in [5.41, 5.74) is 3.54. The molecule has 2 amide bonds. The fourth-order valence-corrected chi connectivity index (χ4v) is 5.70. The van der Waals surface area contributed by atoms with Crippen molar-refractivity contribution in [1.29, 1.82) is 0 Å². The van der Waals surface area contributed by atoms with Crippen LogP contribution < -0.4 is 9.62 Å². The van der Waals surface area contributed by atoms with Crippen molar-refractivity contribution in [2.24, 2.45) is 0 Å². The van der Waals surface area contributed by atoms with Crippen molar-refractivity contribution in [3.8, 4) is 0 Å². The smallest absolute Gasteiger partial charge is 0.244 e. The molecule has 0 aliphatic heterocycles. The van der Waals surface area contributed by atoms with E-state index in [9.17, 15) is 18.0 Å². The lowest BCUT2D eigenvalue weighted by molar-refractivity contribution is -0.140. The highest BCUT2D eigenvalue weighted by Gasteiger charge is 2.33. The molecule has 3 aromatic carbocycles. The van der Waals surface area contributed by atoms with Gasteiger partial charge in [-0.15, -0.1) is 0 Å². The first-order chi connectivity index (χ1) is 18.5. The molecular formula is C30H36ClN3O4S. The van der Waals surface area contributed by atoms with Crippen molar-refractivity contribution >= 4 is 39.1 Å². The molecule has 0 spiro atoms. The van der Waals surface area contributed by atoms with Gasteiger partial charge in [-0.3, -0.25) is 13.9 Å². The number of hydrogen-bond acceptors (Lipinski definition) is 4. The number of rotatable bonds is 12. The number of benzene rings is 3. The van der Waals surface area contributed by atoms with Crippen molar-refractivity contribution in [3.05, 3.63) is 100 Å². The van der Waals surface area contributed by atoms with E-state index in [0.717, 1.165) is 39.2 Å². The number of nitrogens with one attached hydrogen (secondary N) is 1. The van der Waals surface area contributed by atoms with E-state index in [2.05, 4.69) is 5.32 Å². The van der Waals surface area contributed by atoms with E-state index >= 15 is 0 Å². The first kappa shape index (κ1) is 30.2. The summed E-state index contributed by atoms with van der Waals surface area (Å²) in [6.45, 7) is 5.67. The molecule has 0 fully saturated rings. The van der Waals surface area contributed by atoms with E-state index in [0.29, 0.717) is 17.3 Å². The minimum absolute atomic E-state index is 0.0841. The van der Waals surface area contributed by atoms with Gasteiger partial charge >= 0.3 is 0 Å². The van der Waals surface area contributed by atoms with Crippen molar-refractivity contribution in [3.63, 3.8) is 0 Å². The Morgan fingerprint density at radius 2 is 1.54 bits per heavy atom. The van der Waals surface area contributed by atoms with E-state index < -0.39 is 28.5 Å². The van der Waals surface area contributed by atoms with E-state index in [-0.39, 0.29) is 18.9 Å². The SMILES string of the molecule is CCCNC(=O)C(Cc1ccccc1)N(Cc1cccc(Cl)c1)C(=O)CN(c1c(C)cccc1C)S(C)(=O)=O. The average molecular weight is 570 g/mol. The fraction of sp³-hybridized carbons (Fsp3) is 0.333. The molecule has 1 atom stereocenters. The third-order valence-corrected chi connectivity index (χ3v) is 7.78. The first-order valence-corrected chi connectivity index (χ1v) is 15.1. The normalized spacial score (nSPS) is 12.0. The predicted molar refractivity (Wildman–Crippen MR) is 157 cm³/mol.